The number of amides is 1. The van der Waals surface area contributed by atoms with E-state index in [9.17, 15) is 9.59 Å². The second-order valence-electron chi connectivity index (χ2n) is 7.53. The Labute approximate surface area is 183 Å². The van der Waals surface area contributed by atoms with Crippen LogP contribution in [0.15, 0.2) is 59.7 Å². The van der Waals surface area contributed by atoms with Crippen LogP contribution in [0.3, 0.4) is 0 Å². The van der Waals surface area contributed by atoms with E-state index in [0.717, 1.165) is 24.0 Å². The Bertz CT molecular complexity index is 1410. The molecule has 4 heterocycles. The first-order valence-corrected chi connectivity index (χ1v) is 10.1. The van der Waals surface area contributed by atoms with Crippen LogP contribution in [0.5, 0.6) is 11.5 Å². The Balaban J connectivity index is 1.42. The van der Waals surface area contributed by atoms with Crippen LogP contribution in [-0.4, -0.2) is 38.5 Å². The van der Waals surface area contributed by atoms with Crippen molar-refractivity contribution in [2.75, 3.05) is 23.3 Å². The van der Waals surface area contributed by atoms with Crippen molar-refractivity contribution in [2.45, 2.75) is 6.92 Å². The molecule has 0 spiro atoms. The monoisotopic (exact) mass is 428 g/mol. The molecule has 1 N–H and O–H groups in total. The number of ether oxygens (including phenoxy) is 1. The maximum absolute atomic E-state index is 12.8. The lowest BCUT2D eigenvalue weighted by atomic mass is 10.1. The fourth-order valence-corrected chi connectivity index (χ4v) is 3.43. The van der Waals surface area contributed by atoms with Crippen LogP contribution >= 0.6 is 0 Å². The van der Waals surface area contributed by atoms with Gasteiger partial charge in [0.25, 0.3) is 5.56 Å². The molecule has 160 valence electrons. The zero-order valence-corrected chi connectivity index (χ0v) is 17.6. The number of nitrogens with one attached hydrogen (secondary N) is 1. The van der Waals surface area contributed by atoms with Gasteiger partial charge in [-0.05, 0) is 30.3 Å². The van der Waals surface area contributed by atoms with Crippen molar-refractivity contribution < 1.29 is 9.53 Å². The van der Waals surface area contributed by atoms with Crippen LogP contribution in [0.1, 0.15) is 6.92 Å². The van der Waals surface area contributed by atoms with Gasteiger partial charge in [-0.1, -0.05) is 6.07 Å². The predicted molar refractivity (Wildman–Crippen MR) is 121 cm³/mol. The van der Waals surface area contributed by atoms with Gasteiger partial charge < -0.3 is 15.0 Å². The van der Waals surface area contributed by atoms with E-state index in [4.69, 9.17) is 4.74 Å². The summed E-state index contributed by atoms with van der Waals surface area (Å²) in [6, 6.07) is 12.6. The smallest absolute Gasteiger partial charge is 0.264 e. The summed E-state index contributed by atoms with van der Waals surface area (Å²) >= 11 is 0. The Hall–Kier alpha value is -4.27. The van der Waals surface area contributed by atoms with Crippen LogP contribution in [0.2, 0.25) is 0 Å². The third-order valence-corrected chi connectivity index (χ3v) is 5.08. The molecule has 0 unspecified atom stereocenters. The minimum atomic E-state index is -0.202. The minimum Gasteiger partial charge on any atom is -0.457 e. The molecule has 1 fully saturated rings. The number of hydrogen-bond donors (Lipinski definition) is 1. The van der Waals surface area contributed by atoms with Gasteiger partial charge in [-0.25, -0.2) is 15.0 Å². The Morgan fingerprint density at radius 1 is 1.06 bits per heavy atom. The maximum Gasteiger partial charge on any atom is 0.264 e. The summed E-state index contributed by atoms with van der Waals surface area (Å²) in [6.07, 6.45) is 3.16. The van der Waals surface area contributed by atoms with Gasteiger partial charge in [0.1, 0.15) is 17.3 Å². The summed E-state index contributed by atoms with van der Waals surface area (Å²) in [7, 11) is 1.73. The van der Waals surface area contributed by atoms with Gasteiger partial charge in [-0.3, -0.25) is 14.2 Å². The normalized spacial score (nSPS) is 12.6. The second-order valence-corrected chi connectivity index (χ2v) is 7.53. The average molecular weight is 428 g/mol. The molecule has 1 amide bonds. The molecular weight excluding hydrogens is 408 g/mol. The van der Waals surface area contributed by atoms with Crippen LogP contribution in [0.4, 0.5) is 11.8 Å². The summed E-state index contributed by atoms with van der Waals surface area (Å²) in [5.74, 6) is 2.06. The van der Waals surface area contributed by atoms with E-state index in [0.29, 0.717) is 34.5 Å². The number of pyridine rings is 2. The number of nitrogens with zero attached hydrogens (tertiary/aromatic N) is 5. The van der Waals surface area contributed by atoms with Gasteiger partial charge in [0.05, 0.1) is 16.8 Å². The number of rotatable bonds is 5. The largest absolute Gasteiger partial charge is 0.457 e. The summed E-state index contributed by atoms with van der Waals surface area (Å²) in [5, 5.41) is 3.50. The van der Waals surface area contributed by atoms with Gasteiger partial charge in [-0.2, -0.15) is 0 Å². The van der Waals surface area contributed by atoms with Crippen LogP contribution in [-0.2, 0) is 11.8 Å². The van der Waals surface area contributed by atoms with Gasteiger partial charge >= 0.3 is 0 Å². The first-order valence-electron chi connectivity index (χ1n) is 10.1. The zero-order chi connectivity index (χ0) is 22.2. The molecule has 4 aromatic rings. The van der Waals surface area contributed by atoms with Gasteiger partial charge in [0, 0.05) is 50.9 Å². The molecule has 9 nitrogen and oxygen atoms in total. The summed E-state index contributed by atoms with van der Waals surface area (Å²) in [5.41, 5.74) is 1.65. The number of carbonyl (C=O) groups excluding carboxylic acids is 1. The zero-order valence-electron chi connectivity index (χ0n) is 17.6. The number of carbonyl (C=O) groups is 1. The molecule has 1 aliphatic heterocycles. The molecular formula is C23H20N6O3. The minimum absolute atomic E-state index is 0.124. The number of benzene rings is 1. The Morgan fingerprint density at radius 2 is 1.88 bits per heavy atom. The van der Waals surface area contributed by atoms with Crippen molar-refractivity contribution in [2.24, 2.45) is 7.05 Å². The summed E-state index contributed by atoms with van der Waals surface area (Å²) < 4.78 is 7.48. The molecule has 0 aliphatic carbocycles. The van der Waals surface area contributed by atoms with E-state index in [1.807, 2.05) is 29.2 Å². The highest BCUT2D eigenvalue weighted by Gasteiger charge is 2.23. The molecule has 9 heteroatoms. The third-order valence-electron chi connectivity index (χ3n) is 5.08. The van der Waals surface area contributed by atoms with E-state index in [2.05, 4.69) is 20.3 Å². The third kappa shape index (κ3) is 3.87. The predicted octanol–water partition coefficient (Wildman–Crippen LogP) is 2.96. The van der Waals surface area contributed by atoms with Crippen LogP contribution < -0.4 is 20.5 Å². The first-order chi connectivity index (χ1) is 15.5. The van der Waals surface area contributed by atoms with E-state index in [1.54, 1.807) is 42.2 Å². The molecule has 1 saturated heterocycles. The lowest BCUT2D eigenvalue weighted by molar-refractivity contribution is -0.114. The fourth-order valence-electron chi connectivity index (χ4n) is 3.43. The molecule has 0 saturated carbocycles. The topological polar surface area (TPSA) is 102 Å². The van der Waals surface area contributed by atoms with Crippen LogP contribution in [0.25, 0.3) is 22.2 Å². The van der Waals surface area contributed by atoms with Gasteiger partial charge in [0.2, 0.25) is 11.9 Å². The molecule has 32 heavy (non-hydrogen) atoms. The molecule has 1 aromatic carbocycles. The van der Waals surface area contributed by atoms with Gasteiger partial charge in [-0.15, -0.1) is 0 Å². The Morgan fingerprint density at radius 3 is 2.66 bits per heavy atom. The van der Waals surface area contributed by atoms with E-state index in [-0.39, 0.29) is 11.5 Å². The summed E-state index contributed by atoms with van der Waals surface area (Å²) in [6.45, 7) is 3.27. The number of fused-ring (bicyclic) bond motifs is 1. The van der Waals surface area contributed by atoms with Crippen molar-refractivity contribution in [1.29, 1.82) is 0 Å². The SMILES string of the molecule is CC(=O)Nc1cc(Oc2ccc3nc(-c4cnc(N5CC5)n(C)c4=O)ccc3c2)ccn1. The van der Waals surface area contributed by atoms with Crippen molar-refractivity contribution in [1.82, 2.24) is 19.5 Å². The highest BCUT2D eigenvalue weighted by molar-refractivity contribution is 5.87. The standard InChI is InChI=1S/C23H20N6O3/c1-14(30)26-21-12-17(7-8-24-21)32-16-4-6-19-15(11-16)3-5-20(27-19)18-13-25-23(29-9-10-29)28(2)22(18)31/h3-8,11-13H,9-10H2,1-2H3,(H,24,26,30). The highest BCUT2D eigenvalue weighted by Crippen LogP contribution is 2.27. The number of aromatic nitrogens is 4. The van der Waals surface area contributed by atoms with Crippen molar-refractivity contribution in [3.05, 3.63) is 65.2 Å². The van der Waals surface area contributed by atoms with E-state index < -0.39 is 0 Å². The number of anilines is 2. The van der Waals surface area contributed by atoms with Crippen molar-refractivity contribution >= 4 is 28.6 Å². The molecule has 0 bridgehead atoms. The first kappa shape index (κ1) is 19.7. The van der Waals surface area contributed by atoms with Crippen molar-refractivity contribution in [3.63, 3.8) is 0 Å². The lowest BCUT2D eigenvalue weighted by Gasteiger charge is -2.11. The van der Waals surface area contributed by atoms with Crippen LogP contribution in [0, 0.1) is 0 Å². The van der Waals surface area contributed by atoms with E-state index in [1.165, 1.54) is 6.92 Å². The summed E-state index contributed by atoms with van der Waals surface area (Å²) in [4.78, 5) is 39.2. The molecule has 5 rings (SSSR count). The Kier molecular flexibility index (Phi) is 4.78. The lowest BCUT2D eigenvalue weighted by Crippen LogP contribution is -2.23. The average Bonchev–Trinajstić information content (AvgIpc) is 3.60. The maximum atomic E-state index is 12.8. The molecule has 0 atom stereocenters. The molecule has 1 aliphatic rings. The highest BCUT2D eigenvalue weighted by atomic mass is 16.5. The number of hydrogen-bond acceptors (Lipinski definition) is 7. The second kappa shape index (κ2) is 7.77. The van der Waals surface area contributed by atoms with E-state index >= 15 is 0 Å². The molecule has 3 aromatic heterocycles. The van der Waals surface area contributed by atoms with Crippen molar-refractivity contribution in [3.8, 4) is 22.8 Å². The quantitative estimate of drug-likeness (QED) is 0.488. The van der Waals surface area contributed by atoms with Gasteiger partial charge in [0.15, 0.2) is 0 Å². The molecule has 0 radical (unpaired) electrons. The fraction of sp³-hybridized carbons (Fsp3) is 0.174.